The van der Waals surface area contributed by atoms with Crippen molar-refractivity contribution < 1.29 is 4.79 Å². The van der Waals surface area contributed by atoms with Crippen molar-refractivity contribution in [2.75, 3.05) is 42.5 Å². The lowest BCUT2D eigenvalue weighted by atomic mass is 10.2. The van der Waals surface area contributed by atoms with Gasteiger partial charge in [0.05, 0.1) is 16.6 Å². The number of hydrogen-bond donors (Lipinski definition) is 1. The monoisotopic (exact) mass is 348 g/mol. The van der Waals surface area contributed by atoms with Crippen LogP contribution in [0.15, 0.2) is 42.7 Å². The first kappa shape index (κ1) is 15.2. The molecule has 0 unspecified atom stereocenters. The van der Waals surface area contributed by atoms with Crippen molar-refractivity contribution in [3.8, 4) is 0 Å². The zero-order valence-electron chi connectivity index (χ0n) is 14.4. The van der Waals surface area contributed by atoms with Crippen molar-refractivity contribution in [1.29, 1.82) is 0 Å². The lowest BCUT2D eigenvalue weighted by Gasteiger charge is -2.36. The molecular formula is C19H20N6O. The van der Waals surface area contributed by atoms with E-state index in [0.29, 0.717) is 12.1 Å². The molecule has 0 bridgehead atoms. The average Bonchev–Trinajstić information content (AvgIpc) is 2.98. The van der Waals surface area contributed by atoms with E-state index in [1.807, 2.05) is 30.6 Å². The molecule has 2 aliphatic heterocycles. The number of pyridine rings is 1. The molecule has 7 nitrogen and oxygen atoms in total. The van der Waals surface area contributed by atoms with Crippen molar-refractivity contribution in [3.05, 3.63) is 48.3 Å². The number of aromatic nitrogens is 3. The molecule has 0 saturated carbocycles. The van der Waals surface area contributed by atoms with Gasteiger partial charge in [-0.1, -0.05) is 6.07 Å². The molecule has 2 aromatic heterocycles. The van der Waals surface area contributed by atoms with E-state index in [1.165, 1.54) is 5.69 Å². The molecule has 1 aromatic carbocycles. The maximum atomic E-state index is 12.3. The summed E-state index contributed by atoms with van der Waals surface area (Å²) in [6.07, 6.45) is 3.67. The second-order valence-corrected chi connectivity index (χ2v) is 6.67. The summed E-state index contributed by atoms with van der Waals surface area (Å²) in [6.45, 7) is 5.07. The Morgan fingerprint density at radius 2 is 1.69 bits per heavy atom. The molecule has 0 atom stereocenters. The summed E-state index contributed by atoms with van der Waals surface area (Å²) in [5.74, 6) is 0.960. The number of imidazole rings is 1. The normalized spacial score (nSPS) is 17.3. The molecular weight excluding hydrogens is 328 g/mol. The van der Waals surface area contributed by atoms with Gasteiger partial charge in [-0.15, -0.1) is 0 Å². The van der Waals surface area contributed by atoms with Crippen LogP contribution >= 0.6 is 0 Å². The maximum Gasteiger partial charge on any atom is 0.253 e. The highest BCUT2D eigenvalue weighted by atomic mass is 16.1. The minimum atomic E-state index is -0.0108. The van der Waals surface area contributed by atoms with Crippen LogP contribution in [-0.4, -0.2) is 53.2 Å². The number of amides is 1. The fourth-order valence-corrected chi connectivity index (χ4v) is 3.91. The topological polar surface area (TPSA) is 66.3 Å². The zero-order chi connectivity index (χ0) is 17.5. The first-order chi connectivity index (χ1) is 12.8. The van der Waals surface area contributed by atoms with E-state index in [4.69, 9.17) is 4.98 Å². The van der Waals surface area contributed by atoms with Crippen molar-refractivity contribution in [1.82, 2.24) is 19.9 Å². The number of nitrogens with zero attached hydrogens (tertiary/aromatic N) is 5. The number of carbonyl (C=O) groups is 1. The van der Waals surface area contributed by atoms with E-state index in [0.717, 1.165) is 49.7 Å². The van der Waals surface area contributed by atoms with Gasteiger partial charge in [0.25, 0.3) is 5.91 Å². The third-order valence-corrected chi connectivity index (χ3v) is 5.20. The Morgan fingerprint density at radius 3 is 2.50 bits per heavy atom. The molecule has 132 valence electrons. The molecule has 2 aliphatic rings. The molecule has 0 spiro atoms. The standard InChI is InChI=1S/C19H20N6O/c26-18-15-2-1-3-16-17(15)25(9-8-21-18)19(22-16)24-12-10-23(11-13-24)14-4-6-20-7-5-14/h1-7H,8-13H2,(H,21,26). The minimum Gasteiger partial charge on any atom is -0.368 e. The second-order valence-electron chi connectivity index (χ2n) is 6.67. The maximum absolute atomic E-state index is 12.3. The van der Waals surface area contributed by atoms with Gasteiger partial charge in [-0.05, 0) is 24.3 Å². The summed E-state index contributed by atoms with van der Waals surface area (Å²) in [5.41, 5.74) is 3.78. The van der Waals surface area contributed by atoms with Gasteiger partial charge in [0.1, 0.15) is 0 Å². The van der Waals surface area contributed by atoms with Crippen LogP contribution in [0.25, 0.3) is 11.0 Å². The van der Waals surface area contributed by atoms with Gasteiger partial charge in [0, 0.05) is 57.3 Å². The number of benzene rings is 1. The number of carbonyl (C=O) groups excluding carboxylic acids is 1. The predicted octanol–water partition coefficient (Wildman–Crippen LogP) is 1.50. The highest BCUT2D eigenvalue weighted by Crippen LogP contribution is 2.28. The smallest absolute Gasteiger partial charge is 0.253 e. The summed E-state index contributed by atoms with van der Waals surface area (Å²) in [7, 11) is 0. The second kappa shape index (κ2) is 6.01. The van der Waals surface area contributed by atoms with Crippen LogP contribution in [0.4, 0.5) is 11.6 Å². The SMILES string of the molecule is O=C1NCCn2c(N3CCN(c4ccncc4)CC3)nc3cccc1c32. The summed E-state index contributed by atoms with van der Waals surface area (Å²) in [5, 5.41) is 2.98. The summed E-state index contributed by atoms with van der Waals surface area (Å²) >= 11 is 0. The Hall–Kier alpha value is -3.09. The van der Waals surface area contributed by atoms with Crippen LogP contribution in [0.5, 0.6) is 0 Å². The minimum absolute atomic E-state index is 0.0108. The molecule has 1 N–H and O–H groups in total. The largest absolute Gasteiger partial charge is 0.368 e. The predicted molar refractivity (Wildman–Crippen MR) is 101 cm³/mol. The lowest BCUT2D eigenvalue weighted by molar-refractivity contribution is 0.0956. The quantitative estimate of drug-likeness (QED) is 0.760. The van der Waals surface area contributed by atoms with Crippen molar-refractivity contribution in [2.24, 2.45) is 0 Å². The third kappa shape index (κ3) is 2.39. The van der Waals surface area contributed by atoms with E-state index >= 15 is 0 Å². The summed E-state index contributed by atoms with van der Waals surface area (Å²) < 4.78 is 2.20. The van der Waals surface area contributed by atoms with Crippen molar-refractivity contribution in [3.63, 3.8) is 0 Å². The Bertz CT molecular complexity index is 959. The molecule has 3 aromatic rings. The van der Waals surface area contributed by atoms with Crippen LogP contribution in [0.1, 0.15) is 10.4 Å². The van der Waals surface area contributed by atoms with Gasteiger partial charge in [-0.2, -0.15) is 0 Å². The number of nitrogens with one attached hydrogen (secondary N) is 1. The van der Waals surface area contributed by atoms with Gasteiger partial charge < -0.3 is 19.7 Å². The van der Waals surface area contributed by atoms with Crippen LogP contribution < -0.4 is 15.1 Å². The molecule has 7 heteroatoms. The van der Waals surface area contributed by atoms with Crippen molar-refractivity contribution in [2.45, 2.75) is 6.54 Å². The molecule has 1 saturated heterocycles. The zero-order valence-corrected chi connectivity index (χ0v) is 14.4. The van der Waals surface area contributed by atoms with E-state index < -0.39 is 0 Å². The van der Waals surface area contributed by atoms with E-state index in [-0.39, 0.29) is 5.91 Å². The first-order valence-electron chi connectivity index (χ1n) is 8.98. The molecule has 0 radical (unpaired) electrons. The number of hydrogen-bond acceptors (Lipinski definition) is 5. The molecule has 1 amide bonds. The van der Waals surface area contributed by atoms with E-state index in [1.54, 1.807) is 0 Å². The molecule has 26 heavy (non-hydrogen) atoms. The molecule has 5 rings (SSSR count). The number of rotatable bonds is 2. The summed E-state index contributed by atoms with van der Waals surface area (Å²) in [4.78, 5) is 26.0. The Balaban J connectivity index is 1.46. The highest BCUT2D eigenvalue weighted by Gasteiger charge is 2.26. The van der Waals surface area contributed by atoms with E-state index in [2.05, 4.69) is 36.8 Å². The Kier molecular flexibility index (Phi) is 3.51. The Labute approximate surface area is 151 Å². The first-order valence-corrected chi connectivity index (χ1v) is 8.98. The summed E-state index contributed by atoms with van der Waals surface area (Å²) in [6, 6.07) is 9.88. The van der Waals surface area contributed by atoms with Gasteiger partial charge in [0.2, 0.25) is 5.95 Å². The van der Waals surface area contributed by atoms with Crippen LogP contribution in [0.2, 0.25) is 0 Å². The third-order valence-electron chi connectivity index (χ3n) is 5.20. The lowest BCUT2D eigenvalue weighted by Crippen LogP contribution is -2.47. The Morgan fingerprint density at radius 1 is 0.923 bits per heavy atom. The fourth-order valence-electron chi connectivity index (χ4n) is 3.91. The highest BCUT2D eigenvalue weighted by molar-refractivity contribution is 6.06. The van der Waals surface area contributed by atoms with Crippen LogP contribution in [0.3, 0.4) is 0 Å². The number of para-hydroxylation sites is 1. The van der Waals surface area contributed by atoms with Crippen LogP contribution in [-0.2, 0) is 6.54 Å². The molecule has 0 aliphatic carbocycles. The molecule has 1 fully saturated rings. The van der Waals surface area contributed by atoms with Gasteiger partial charge in [-0.3, -0.25) is 9.78 Å². The van der Waals surface area contributed by atoms with Gasteiger partial charge in [-0.25, -0.2) is 4.98 Å². The van der Waals surface area contributed by atoms with Crippen molar-refractivity contribution >= 4 is 28.6 Å². The average molecular weight is 348 g/mol. The fraction of sp³-hybridized carbons (Fsp3) is 0.316. The van der Waals surface area contributed by atoms with E-state index in [9.17, 15) is 4.79 Å². The number of anilines is 2. The van der Waals surface area contributed by atoms with Gasteiger partial charge in [0.15, 0.2) is 0 Å². The van der Waals surface area contributed by atoms with Gasteiger partial charge >= 0.3 is 0 Å². The number of piperazine rings is 1. The molecule has 4 heterocycles. The van der Waals surface area contributed by atoms with Crippen LogP contribution in [0, 0.1) is 0 Å².